The lowest BCUT2D eigenvalue weighted by Crippen LogP contribution is -2.27. The lowest BCUT2D eigenvalue weighted by Gasteiger charge is -1.81. The molecule has 1 heterocycles. The van der Waals surface area contributed by atoms with Crippen LogP contribution in [0.15, 0.2) is 18.3 Å². The van der Waals surface area contributed by atoms with Crippen LogP contribution in [0.1, 0.15) is 0 Å². The molecule has 48 valence electrons. The van der Waals surface area contributed by atoms with Gasteiger partial charge in [-0.15, -0.1) is 4.39 Å². The number of rotatable bonds is 0. The predicted octanol–water partition coefficient (Wildman–Crippen LogP) is 0.985. The first-order chi connectivity index (χ1) is 4.22. The first kappa shape index (κ1) is 6.07. The van der Waals surface area contributed by atoms with E-state index >= 15 is 0 Å². The Morgan fingerprint density at radius 2 is 2.00 bits per heavy atom. The zero-order chi connectivity index (χ0) is 6.85. The summed E-state index contributed by atoms with van der Waals surface area (Å²) in [6.45, 7) is 0. The molecule has 4 heteroatoms. The second-order valence-corrected chi connectivity index (χ2v) is 1.46. The molecule has 9 heavy (non-hydrogen) atoms. The summed E-state index contributed by atoms with van der Waals surface area (Å²) in [6.07, 6.45) is 0.776. The summed E-state index contributed by atoms with van der Waals surface area (Å²) in [6, 6.07) is 1.91. The molecule has 0 atom stereocenters. The van der Waals surface area contributed by atoms with Crippen LogP contribution >= 0.6 is 0 Å². The molecule has 0 saturated carbocycles. The van der Waals surface area contributed by atoms with Crippen molar-refractivity contribution in [1.82, 2.24) is 0 Å². The van der Waals surface area contributed by atoms with Gasteiger partial charge >= 0.3 is 5.95 Å². The van der Waals surface area contributed by atoms with Crippen molar-refractivity contribution in [2.24, 2.45) is 0 Å². The fourth-order valence-electron chi connectivity index (χ4n) is 0.439. The van der Waals surface area contributed by atoms with Gasteiger partial charge in [0.25, 0.3) is 0 Å². The first-order valence-corrected chi connectivity index (χ1v) is 2.23. The van der Waals surface area contributed by atoms with Crippen molar-refractivity contribution in [3.63, 3.8) is 0 Å². The molecule has 1 aromatic rings. The maximum atomic E-state index is 11.9. The summed E-state index contributed by atoms with van der Waals surface area (Å²) in [5, 5.41) is 0. The Kier molecular flexibility index (Phi) is 1.38. The SMILES string of the molecule is Fc1ccc[n+](F)c1F. The van der Waals surface area contributed by atoms with Gasteiger partial charge in [-0.05, 0) is 6.07 Å². The van der Waals surface area contributed by atoms with Crippen LogP contribution in [0.3, 0.4) is 0 Å². The van der Waals surface area contributed by atoms with Gasteiger partial charge in [-0.3, -0.25) is 0 Å². The molecule has 0 aliphatic heterocycles. The topological polar surface area (TPSA) is 3.88 Å². The van der Waals surface area contributed by atoms with Crippen LogP contribution in [0, 0.1) is 11.8 Å². The third-order valence-corrected chi connectivity index (χ3v) is 0.844. The highest BCUT2D eigenvalue weighted by atomic mass is 19.2. The normalized spacial score (nSPS) is 9.67. The largest absolute Gasteiger partial charge is 0.441 e. The molecule has 0 N–H and O–H groups in total. The van der Waals surface area contributed by atoms with Gasteiger partial charge in [0, 0.05) is 6.07 Å². The van der Waals surface area contributed by atoms with E-state index in [0.29, 0.717) is 0 Å². The van der Waals surface area contributed by atoms with E-state index in [1.165, 1.54) is 0 Å². The Labute approximate surface area is 49.3 Å². The highest BCUT2D eigenvalue weighted by Crippen LogP contribution is 1.96. The average molecular weight is 134 g/mol. The standard InChI is InChI=1S/C5H3F3N/c6-4-2-1-3-9(8)5(4)7/h1-3H/q+1. The van der Waals surface area contributed by atoms with Crippen LogP contribution in [0.4, 0.5) is 13.3 Å². The second-order valence-electron chi connectivity index (χ2n) is 1.46. The molecule has 0 spiro atoms. The molecule has 0 radical (unpaired) electrons. The van der Waals surface area contributed by atoms with Crippen LogP contribution < -0.4 is 4.79 Å². The summed E-state index contributed by atoms with van der Waals surface area (Å²) >= 11 is 0. The Hall–Kier alpha value is -1.06. The summed E-state index contributed by atoms with van der Waals surface area (Å²) < 4.78 is 35.8. The van der Waals surface area contributed by atoms with Crippen LogP contribution in [0.2, 0.25) is 0 Å². The first-order valence-electron chi connectivity index (χ1n) is 2.23. The van der Waals surface area contributed by atoms with Crippen molar-refractivity contribution in [2.75, 3.05) is 0 Å². The van der Waals surface area contributed by atoms with E-state index in [1.807, 2.05) is 0 Å². The van der Waals surface area contributed by atoms with Gasteiger partial charge in [0.1, 0.15) is 0 Å². The molecular weight excluding hydrogens is 131 g/mol. The number of halogens is 3. The van der Waals surface area contributed by atoms with E-state index in [0.717, 1.165) is 18.3 Å². The Balaban J connectivity index is 3.25. The van der Waals surface area contributed by atoms with Crippen molar-refractivity contribution in [2.45, 2.75) is 0 Å². The predicted molar refractivity (Wildman–Crippen MR) is 23.1 cm³/mol. The van der Waals surface area contributed by atoms with Crippen LogP contribution in [0.25, 0.3) is 0 Å². The van der Waals surface area contributed by atoms with E-state index in [2.05, 4.69) is 0 Å². The molecule has 0 saturated heterocycles. The third kappa shape index (κ3) is 1.01. The molecule has 1 aromatic heterocycles. The number of pyridine rings is 1. The summed E-state index contributed by atoms with van der Waals surface area (Å²) in [7, 11) is 0. The van der Waals surface area contributed by atoms with Gasteiger partial charge in [0.05, 0.1) is 9.27 Å². The minimum absolute atomic E-state index is 0.421. The molecule has 1 nitrogen and oxygen atoms in total. The van der Waals surface area contributed by atoms with Gasteiger partial charge in [-0.25, -0.2) is 0 Å². The van der Waals surface area contributed by atoms with E-state index in [-0.39, 0.29) is 0 Å². The zero-order valence-corrected chi connectivity index (χ0v) is 4.31. The molecule has 1 rings (SSSR count). The van der Waals surface area contributed by atoms with Crippen LogP contribution in [0.5, 0.6) is 0 Å². The van der Waals surface area contributed by atoms with E-state index in [9.17, 15) is 13.3 Å². The quantitative estimate of drug-likeness (QED) is 0.466. The van der Waals surface area contributed by atoms with E-state index < -0.39 is 16.6 Å². The van der Waals surface area contributed by atoms with Crippen LogP contribution in [-0.2, 0) is 0 Å². The van der Waals surface area contributed by atoms with Crippen molar-refractivity contribution in [1.29, 1.82) is 0 Å². The fraction of sp³-hybridized carbons (Fsp3) is 0. The van der Waals surface area contributed by atoms with Crippen molar-refractivity contribution in [3.8, 4) is 0 Å². The van der Waals surface area contributed by atoms with Crippen LogP contribution in [-0.4, -0.2) is 0 Å². The molecule has 0 aromatic carbocycles. The van der Waals surface area contributed by atoms with Gasteiger partial charge in [0.15, 0.2) is 0 Å². The average Bonchev–Trinajstić information content (AvgIpc) is 1.83. The molecule has 0 fully saturated rings. The number of hydrogen-bond donors (Lipinski definition) is 0. The number of nitrogens with zero attached hydrogens (tertiary/aromatic N) is 1. The van der Waals surface area contributed by atoms with E-state index in [1.54, 1.807) is 0 Å². The molecule has 0 aliphatic carbocycles. The molecule has 0 bridgehead atoms. The maximum absolute atomic E-state index is 11.9. The lowest BCUT2D eigenvalue weighted by atomic mass is 10.5. The molecular formula is C5H3F3N+. The van der Waals surface area contributed by atoms with Crippen molar-refractivity contribution >= 4 is 0 Å². The van der Waals surface area contributed by atoms with E-state index in [4.69, 9.17) is 0 Å². The van der Waals surface area contributed by atoms with Gasteiger partial charge in [0.2, 0.25) is 12.0 Å². The van der Waals surface area contributed by atoms with Gasteiger partial charge in [-0.1, -0.05) is 0 Å². The Bertz CT molecular complexity index is 203. The van der Waals surface area contributed by atoms with Crippen molar-refractivity contribution in [3.05, 3.63) is 30.1 Å². The number of aromatic nitrogens is 1. The number of hydrogen-bond acceptors (Lipinski definition) is 0. The van der Waals surface area contributed by atoms with Crippen molar-refractivity contribution < 1.29 is 18.1 Å². The van der Waals surface area contributed by atoms with Gasteiger partial charge < -0.3 is 0 Å². The highest BCUT2D eigenvalue weighted by Gasteiger charge is 2.14. The monoisotopic (exact) mass is 134 g/mol. The Morgan fingerprint density at radius 1 is 1.33 bits per heavy atom. The second kappa shape index (κ2) is 2.05. The smallest absolute Gasteiger partial charge is 0.197 e. The van der Waals surface area contributed by atoms with Gasteiger partial charge in [-0.2, -0.15) is 4.39 Å². The summed E-state index contributed by atoms with van der Waals surface area (Å²) in [4.78, 5) is -0.421. The summed E-state index contributed by atoms with van der Waals surface area (Å²) in [5.74, 6) is -2.70. The third-order valence-electron chi connectivity index (χ3n) is 0.844. The fourth-order valence-corrected chi connectivity index (χ4v) is 0.439. The highest BCUT2D eigenvalue weighted by molar-refractivity contribution is 4.89. The molecule has 0 aliphatic rings. The molecule has 0 amide bonds. The Morgan fingerprint density at radius 3 is 2.44 bits per heavy atom. The minimum atomic E-state index is -1.50. The summed E-state index contributed by atoms with van der Waals surface area (Å²) in [5.41, 5.74) is 0. The minimum Gasteiger partial charge on any atom is -0.197 e. The zero-order valence-electron chi connectivity index (χ0n) is 4.31. The maximum Gasteiger partial charge on any atom is 0.441 e. The molecule has 0 unspecified atom stereocenters. The lowest BCUT2D eigenvalue weighted by molar-refractivity contribution is -0.866.